The lowest BCUT2D eigenvalue weighted by Gasteiger charge is -2.09. The van der Waals surface area contributed by atoms with Gasteiger partial charge in [0, 0.05) is 9.78 Å². The summed E-state index contributed by atoms with van der Waals surface area (Å²) >= 11 is 2.26. The number of carbonyl (C=O) groups excluding carboxylic acids is 1. The van der Waals surface area contributed by atoms with Gasteiger partial charge < -0.3 is 9.47 Å². The molecule has 0 bridgehead atoms. The molecule has 0 N–H and O–H groups in total. The zero-order valence-electron chi connectivity index (χ0n) is 13.0. The summed E-state index contributed by atoms with van der Waals surface area (Å²) in [7, 11) is 0. The summed E-state index contributed by atoms with van der Waals surface area (Å²) in [4.78, 5) is 15.8. The van der Waals surface area contributed by atoms with Crippen LogP contribution in [0.25, 0.3) is 0 Å². The van der Waals surface area contributed by atoms with Gasteiger partial charge in [-0.2, -0.15) is 0 Å². The van der Waals surface area contributed by atoms with Crippen molar-refractivity contribution in [2.45, 2.75) is 20.0 Å². The summed E-state index contributed by atoms with van der Waals surface area (Å²) in [6, 6.07) is 15.3. The number of esters is 1. The molecule has 0 aliphatic rings. The van der Waals surface area contributed by atoms with E-state index >= 15 is 0 Å². The van der Waals surface area contributed by atoms with Crippen LogP contribution in [0.2, 0.25) is 0 Å². The first-order valence-corrected chi connectivity index (χ1v) is 8.33. The molecule has 2 aromatic carbocycles. The van der Waals surface area contributed by atoms with E-state index in [-0.39, 0.29) is 18.7 Å². The number of aliphatic imine (C=N–C) groups is 1. The molecule has 0 radical (unpaired) electrons. The molecule has 0 aliphatic heterocycles. The van der Waals surface area contributed by atoms with E-state index in [1.165, 1.54) is 0 Å². The average molecular weight is 423 g/mol. The summed E-state index contributed by atoms with van der Waals surface area (Å²) in [5.41, 5.74) is 1.87. The molecule has 0 atom stereocenters. The van der Waals surface area contributed by atoms with Crippen molar-refractivity contribution in [2.24, 2.45) is 4.99 Å². The van der Waals surface area contributed by atoms with Crippen molar-refractivity contribution in [2.75, 3.05) is 6.61 Å². The molecule has 23 heavy (non-hydrogen) atoms. The highest BCUT2D eigenvalue weighted by Gasteiger charge is 2.06. The van der Waals surface area contributed by atoms with E-state index in [0.717, 1.165) is 14.8 Å². The topological polar surface area (TPSA) is 47.9 Å². The Kier molecular flexibility index (Phi) is 6.58. The number of hydrogen-bond donors (Lipinski definition) is 0. The molecule has 0 aromatic heterocycles. The Morgan fingerprint density at radius 1 is 1.22 bits per heavy atom. The van der Waals surface area contributed by atoms with Gasteiger partial charge in [-0.3, -0.25) is 4.99 Å². The molecule has 0 aliphatic carbocycles. The van der Waals surface area contributed by atoms with Crippen molar-refractivity contribution in [3.8, 4) is 5.75 Å². The van der Waals surface area contributed by atoms with Gasteiger partial charge >= 0.3 is 5.97 Å². The largest absolute Gasteiger partial charge is 0.482 e. The summed E-state index contributed by atoms with van der Waals surface area (Å²) in [5.74, 6) is 0.251. The van der Waals surface area contributed by atoms with E-state index in [1.807, 2.05) is 36.4 Å². The fraction of sp³-hybridized carbons (Fsp3) is 0.222. The van der Waals surface area contributed by atoms with Crippen molar-refractivity contribution in [1.82, 2.24) is 0 Å². The second kappa shape index (κ2) is 8.67. The van der Waals surface area contributed by atoms with Crippen molar-refractivity contribution < 1.29 is 14.3 Å². The van der Waals surface area contributed by atoms with Gasteiger partial charge in [0.15, 0.2) is 6.61 Å². The van der Waals surface area contributed by atoms with Crippen LogP contribution in [0.3, 0.4) is 0 Å². The molecule has 0 amide bonds. The Morgan fingerprint density at radius 2 is 1.96 bits per heavy atom. The van der Waals surface area contributed by atoms with Gasteiger partial charge in [-0.25, -0.2) is 4.79 Å². The van der Waals surface area contributed by atoms with E-state index in [0.29, 0.717) is 5.75 Å². The number of nitrogens with zero attached hydrogens (tertiary/aromatic N) is 1. The molecular weight excluding hydrogens is 405 g/mol. The molecule has 0 spiro atoms. The van der Waals surface area contributed by atoms with Crippen molar-refractivity contribution >= 4 is 40.5 Å². The molecule has 0 saturated carbocycles. The van der Waals surface area contributed by atoms with Crippen molar-refractivity contribution in [1.29, 1.82) is 0 Å². The third kappa shape index (κ3) is 6.40. The van der Waals surface area contributed by atoms with E-state index in [2.05, 4.69) is 27.6 Å². The first-order valence-electron chi connectivity index (χ1n) is 7.25. The minimum absolute atomic E-state index is 0.0892. The third-order valence-corrected chi connectivity index (χ3v) is 3.45. The Morgan fingerprint density at radius 3 is 2.61 bits per heavy atom. The fourth-order valence-corrected chi connectivity index (χ4v) is 2.32. The van der Waals surface area contributed by atoms with E-state index in [4.69, 9.17) is 9.47 Å². The van der Waals surface area contributed by atoms with Gasteiger partial charge in [0.25, 0.3) is 0 Å². The Balaban J connectivity index is 1.90. The van der Waals surface area contributed by atoms with Gasteiger partial charge in [-0.15, -0.1) is 0 Å². The molecule has 0 saturated heterocycles. The number of hydrogen-bond acceptors (Lipinski definition) is 4. The normalized spacial score (nSPS) is 11.0. The summed E-state index contributed by atoms with van der Waals surface area (Å²) in [5, 5.41) is 0. The Bertz CT molecular complexity index is 681. The predicted octanol–water partition coefficient (Wildman–Crippen LogP) is 4.37. The maximum absolute atomic E-state index is 11.4. The van der Waals surface area contributed by atoms with Crippen LogP contribution in [0.4, 0.5) is 5.69 Å². The minimum Gasteiger partial charge on any atom is -0.482 e. The monoisotopic (exact) mass is 423 g/mol. The highest BCUT2D eigenvalue weighted by Crippen LogP contribution is 2.16. The summed E-state index contributed by atoms with van der Waals surface area (Å²) in [6.45, 7) is 3.52. The molecule has 0 heterocycles. The number of halogens is 1. The maximum Gasteiger partial charge on any atom is 0.344 e. The number of benzene rings is 2. The maximum atomic E-state index is 11.4. The lowest BCUT2D eigenvalue weighted by atomic mass is 10.2. The third-order valence-electron chi connectivity index (χ3n) is 2.77. The summed E-state index contributed by atoms with van der Waals surface area (Å²) < 4.78 is 11.5. The quantitative estimate of drug-likeness (QED) is 0.394. The van der Waals surface area contributed by atoms with E-state index < -0.39 is 0 Å². The van der Waals surface area contributed by atoms with E-state index in [9.17, 15) is 4.79 Å². The second-order valence-electron chi connectivity index (χ2n) is 5.13. The van der Waals surface area contributed by atoms with Gasteiger partial charge in [0.2, 0.25) is 0 Å². The zero-order valence-corrected chi connectivity index (χ0v) is 15.2. The first-order chi connectivity index (χ1) is 11.0. The average Bonchev–Trinajstić information content (AvgIpc) is 2.51. The van der Waals surface area contributed by atoms with Crippen LogP contribution in [0.15, 0.2) is 53.5 Å². The molecular formula is C18H18INO3. The molecule has 2 rings (SSSR count). The number of carbonyl (C=O) groups is 1. The molecule has 4 nitrogen and oxygen atoms in total. The highest BCUT2D eigenvalue weighted by molar-refractivity contribution is 14.1. The highest BCUT2D eigenvalue weighted by atomic mass is 127. The first kappa shape index (κ1) is 17.5. The molecule has 2 aromatic rings. The Labute approximate surface area is 149 Å². The van der Waals surface area contributed by atoms with Crippen LogP contribution in [-0.4, -0.2) is 24.9 Å². The standard InChI is InChI=1S/C18H18INO3/c1-13(2)23-18(21)12-22-17-8-6-14(7-9-17)11-20-16-5-3-4-15(19)10-16/h3-11,13H,12H2,1-2H3. The lowest BCUT2D eigenvalue weighted by Crippen LogP contribution is -2.18. The van der Waals surface area contributed by atoms with Crippen LogP contribution < -0.4 is 4.74 Å². The van der Waals surface area contributed by atoms with Crippen LogP contribution in [-0.2, 0) is 9.53 Å². The Hall–Kier alpha value is -1.89. The van der Waals surface area contributed by atoms with E-state index in [1.54, 1.807) is 32.2 Å². The molecule has 0 fully saturated rings. The van der Waals surface area contributed by atoms with Crippen LogP contribution in [0.1, 0.15) is 19.4 Å². The van der Waals surface area contributed by atoms with Gasteiger partial charge in [-0.05, 0) is 84.5 Å². The van der Waals surface area contributed by atoms with Gasteiger partial charge in [0.1, 0.15) is 5.75 Å². The molecule has 120 valence electrons. The number of rotatable bonds is 6. The fourth-order valence-electron chi connectivity index (χ4n) is 1.79. The minimum atomic E-state index is -0.371. The summed E-state index contributed by atoms with van der Waals surface area (Å²) in [6.07, 6.45) is 1.66. The second-order valence-corrected chi connectivity index (χ2v) is 6.38. The zero-order chi connectivity index (χ0) is 16.7. The number of ether oxygens (including phenoxy) is 2. The molecule has 0 unspecified atom stereocenters. The lowest BCUT2D eigenvalue weighted by molar-refractivity contribution is -0.149. The SMILES string of the molecule is CC(C)OC(=O)COc1ccc(C=Nc2cccc(I)c2)cc1. The van der Waals surface area contributed by atoms with Crippen LogP contribution >= 0.6 is 22.6 Å². The van der Waals surface area contributed by atoms with Crippen LogP contribution in [0.5, 0.6) is 5.75 Å². The van der Waals surface area contributed by atoms with Crippen molar-refractivity contribution in [3.05, 3.63) is 57.7 Å². The van der Waals surface area contributed by atoms with Gasteiger partial charge in [-0.1, -0.05) is 6.07 Å². The predicted molar refractivity (Wildman–Crippen MR) is 99.6 cm³/mol. The molecule has 5 heteroatoms. The van der Waals surface area contributed by atoms with Crippen molar-refractivity contribution in [3.63, 3.8) is 0 Å². The van der Waals surface area contributed by atoms with Gasteiger partial charge in [0.05, 0.1) is 11.8 Å². The van der Waals surface area contributed by atoms with Crippen LogP contribution in [0, 0.1) is 3.57 Å². The smallest absolute Gasteiger partial charge is 0.344 e.